The Morgan fingerprint density at radius 1 is 1.40 bits per heavy atom. The molecule has 0 aromatic heterocycles. The van der Waals surface area contributed by atoms with Crippen molar-refractivity contribution in [2.75, 3.05) is 6.54 Å². The summed E-state index contributed by atoms with van der Waals surface area (Å²) < 4.78 is 0. The minimum absolute atomic E-state index is 0. The Morgan fingerprint density at radius 2 is 2.00 bits per heavy atom. The lowest BCUT2D eigenvalue weighted by atomic mass is 10.1. The summed E-state index contributed by atoms with van der Waals surface area (Å²) in [5, 5.41) is 2.88. The largest absolute Gasteiger partial charge is 1.00 e. The van der Waals surface area contributed by atoms with Crippen LogP contribution in [-0.4, -0.2) is 18.5 Å². The number of benzene rings is 1. The smallest absolute Gasteiger partial charge is 0.275 e. The normalized spacial score (nSPS) is 11.3. The summed E-state index contributed by atoms with van der Waals surface area (Å²) in [5.74, 6) is 0.00781. The van der Waals surface area contributed by atoms with E-state index in [-0.39, 0.29) is 24.4 Å². The van der Waals surface area contributed by atoms with Crippen LogP contribution in [0.15, 0.2) is 30.3 Å². The molecule has 0 aliphatic heterocycles. The second-order valence-corrected chi connectivity index (χ2v) is 3.41. The SMILES string of the molecule is CC(Cc1ccccc1)NC(=O)C[NH3+].[Cl-]. The lowest BCUT2D eigenvalue weighted by Crippen LogP contribution is -3.00. The van der Waals surface area contributed by atoms with Gasteiger partial charge in [-0.15, -0.1) is 0 Å². The Bertz CT molecular complexity index is 290. The third-order valence-electron chi connectivity index (χ3n) is 2.02. The van der Waals surface area contributed by atoms with Crippen molar-refractivity contribution in [2.24, 2.45) is 0 Å². The molecule has 0 saturated heterocycles. The summed E-state index contributed by atoms with van der Waals surface area (Å²) in [4.78, 5) is 11.0. The number of nitrogens with one attached hydrogen (secondary N) is 1. The summed E-state index contributed by atoms with van der Waals surface area (Å²) in [7, 11) is 0. The molecule has 0 spiro atoms. The molecule has 0 radical (unpaired) electrons. The molecule has 1 amide bonds. The third kappa shape index (κ3) is 5.40. The first-order valence-corrected chi connectivity index (χ1v) is 4.85. The van der Waals surface area contributed by atoms with E-state index in [9.17, 15) is 4.79 Å². The Morgan fingerprint density at radius 3 is 2.53 bits per heavy atom. The van der Waals surface area contributed by atoms with Crippen molar-refractivity contribution >= 4 is 5.91 Å². The predicted molar refractivity (Wildman–Crippen MR) is 55.5 cm³/mol. The van der Waals surface area contributed by atoms with Crippen LogP contribution in [0.4, 0.5) is 0 Å². The van der Waals surface area contributed by atoms with Gasteiger partial charge in [-0.25, -0.2) is 0 Å². The van der Waals surface area contributed by atoms with E-state index in [4.69, 9.17) is 0 Å². The van der Waals surface area contributed by atoms with Gasteiger partial charge in [0.25, 0.3) is 5.91 Å². The van der Waals surface area contributed by atoms with Crippen molar-refractivity contribution in [1.29, 1.82) is 0 Å². The van der Waals surface area contributed by atoms with Gasteiger partial charge in [0.05, 0.1) is 0 Å². The van der Waals surface area contributed by atoms with Gasteiger partial charge < -0.3 is 23.5 Å². The molecule has 0 bridgehead atoms. The molecular weight excluding hydrogens is 212 g/mol. The zero-order valence-corrected chi connectivity index (χ0v) is 9.63. The van der Waals surface area contributed by atoms with E-state index in [0.717, 1.165) is 6.42 Å². The molecule has 0 aliphatic rings. The highest BCUT2D eigenvalue weighted by Crippen LogP contribution is 2.02. The molecule has 84 valence electrons. The molecule has 1 atom stereocenters. The Labute approximate surface area is 96.5 Å². The molecule has 0 aliphatic carbocycles. The van der Waals surface area contributed by atoms with Crippen LogP contribution in [0.3, 0.4) is 0 Å². The van der Waals surface area contributed by atoms with Gasteiger partial charge in [-0.1, -0.05) is 30.3 Å². The number of amides is 1. The van der Waals surface area contributed by atoms with Gasteiger partial charge in [0.1, 0.15) is 0 Å². The van der Waals surface area contributed by atoms with E-state index in [0.29, 0.717) is 6.54 Å². The third-order valence-corrected chi connectivity index (χ3v) is 2.02. The zero-order valence-electron chi connectivity index (χ0n) is 8.87. The maximum atomic E-state index is 11.0. The fourth-order valence-electron chi connectivity index (χ4n) is 1.37. The van der Waals surface area contributed by atoms with Gasteiger partial charge in [-0.2, -0.15) is 0 Å². The maximum absolute atomic E-state index is 11.0. The molecule has 1 unspecified atom stereocenters. The highest BCUT2D eigenvalue weighted by molar-refractivity contribution is 5.76. The van der Waals surface area contributed by atoms with Crippen LogP contribution in [-0.2, 0) is 11.2 Å². The lowest BCUT2D eigenvalue weighted by Gasteiger charge is -2.12. The monoisotopic (exact) mass is 228 g/mol. The van der Waals surface area contributed by atoms with Crippen LogP contribution in [0.25, 0.3) is 0 Å². The van der Waals surface area contributed by atoms with Gasteiger partial charge in [0.2, 0.25) is 0 Å². The predicted octanol–water partition coefficient (Wildman–Crippen LogP) is -3.02. The average Bonchev–Trinajstić information content (AvgIpc) is 2.19. The number of rotatable bonds is 4. The summed E-state index contributed by atoms with van der Waals surface area (Å²) in [6, 6.07) is 10.3. The minimum atomic E-state index is 0. The van der Waals surface area contributed by atoms with Crippen molar-refractivity contribution in [3.63, 3.8) is 0 Å². The van der Waals surface area contributed by atoms with Gasteiger partial charge in [0.15, 0.2) is 6.54 Å². The highest BCUT2D eigenvalue weighted by Gasteiger charge is 2.06. The molecule has 15 heavy (non-hydrogen) atoms. The molecule has 1 aromatic carbocycles. The maximum Gasteiger partial charge on any atom is 0.275 e. The van der Waals surface area contributed by atoms with E-state index in [1.807, 2.05) is 25.1 Å². The van der Waals surface area contributed by atoms with E-state index in [1.54, 1.807) is 0 Å². The molecule has 0 fully saturated rings. The van der Waals surface area contributed by atoms with E-state index >= 15 is 0 Å². The second kappa shape index (κ2) is 7.26. The molecule has 4 N–H and O–H groups in total. The second-order valence-electron chi connectivity index (χ2n) is 3.41. The fourth-order valence-corrected chi connectivity index (χ4v) is 1.37. The Hall–Kier alpha value is -1.06. The lowest BCUT2D eigenvalue weighted by molar-refractivity contribution is -0.355. The van der Waals surface area contributed by atoms with Crippen LogP contribution in [0.5, 0.6) is 0 Å². The molecule has 0 heterocycles. The van der Waals surface area contributed by atoms with Crippen molar-refractivity contribution in [3.05, 3.63) is 35.9 Å². The number of carbonyl (C=O) groups excluding carboxylic acids is 1. The van der Waals surface area contributed by atoms with E-state index in [1.165, 1.54) is 5.56 Å². The number of hydrogen-bond acceptors (Lipinski definition) is 1. The number of hydrogen-bond donors (Lipinski definition) is 2. The van der Waals surface area contributed by atoms with Crippen molar-refractivity contribution in [2.45, 2.75) is 19.4 Å². The number of halogens is 1. The zero-order chi connectivity index (χ0) is 10.4. The van der Waals surface area contributed by atoms with E-state index in [2.05, 4.69) is 23.2 Å². The van der Waals surface area contributed by atoms with Gasteiger partial charge >= 0.3 is 0 Å². The van der Waals surface area contributed by atoms with Gasteiger partial charge in [0, 0.05) is 6.04 Å². The van der Waals surface area contributed by atoms with Gasteiger partial charge in [-0.3, -0.25) is 4.79 Å². The number of quaternary nitrogens is 1. The highest BCUT2D eigenvalue weighted by atomic mass is 35.5. The summed E-state index contributed by atoms with van der Waals surface area (Å²) in [5.41, 5.74) is 4.77. The fraction of sp³-hybridized carbons (Fsp3) is 0.364. The van der Waals surface area contributed by atoms with Crippen LogP contribution in [0, 0.1) is 0 Å². The standard InChI is InChI=1S/C11H16N2O.ClH/c1-9(13-11(14)8-12)7-10-5-3-2-4-6-10;/h2-6,9H,7-8,12H2,1H3,(H,13,14);1H. The topological polar surface area (TPSA) is 56.7 Å². The molecule has 4 heteroatoms. The van der Waals surface area contributed by atoms with Crippen LogP contribution in [0.1, 0.15) is 12.5 Å². The first-order valence-electron chi connectivity index (χ1n) is 4.85. The quantitative estimate of drug-likeness (QED) is 0.567. The molecule has 1 rings (SSSR count). The molecule has 1 aromatic rings. The summed E-state index contributed by atoms with van der Waals surface area (Å²) in [6.07, 6.45) is 0.868. The van der Waals surface area contributed by atoms with Crippen molar-refractivity contribution in [3.8, 4) is 0 Å². The summed E-state index contributed by atoms with van der Waals surface area (Å²) in [6.45, 7) is 2.31. The molecular formula is C11H17ClN2O. The molecule has 0 saturated carbocycles. The molecule has 3 nitrogen and oxygen atoms in total. The van der Waals surface area contributed by atoms with Crippen molar-refractivity contribution in [1.82, 2.24) is 5.32 Å². The van der Waals surface area contributed by atoms with E-state index < -0.39 is 0 Å². The van der Waals surface area contributed by atoms with Crippen LogP contribution >= 0.6 is 0 Å². The summed E-state index contributed by atoms with van der Waals surface area (Å²) >= 11 is 0. The van der Waals surface area contributed by atoms with Gasteiger partial charge in [-0.05, 0) is 18.9 Å². The average molecular weight is 229 g/mol. The Kier molecular flexibility index (Phi) is 6.75. The van der Waals surface area contributed by atoms with Crippen LogP contribution < -0.4 is 23.5 Å². The number of carbonyl (C=O) groups is 1. The minimum Gasteiger partial charge on any atom is -1.00 e. The first kappa shape index (κ1) is 13.9. The van der Waals surface area contributed by atoms with Crippen LogP contribution in [0.2, 0.25) is 0 Å². The Balaban J connectivity index is 0.00000196. The first-order chi connectivity index (χ1) is 6.72. The van der Waals surface area contributed by atoms with Crippen molar-refractivity contribution < 1.29 is 22.9 Å².